The standard InChI is InChI=1S/C7H5FN2O2/c1-2-6(11)12-5-3-4-9-7(8)10-5/h2-4H,1H2. The summed E-state index contributed by atoms with van der Waals surface area (Å²) in [6, 6.07) is 1.27. The molecule has 12 heavy (non-hydrogen) atoms. The summed E-state index contributed by atoms with van der Waals surface area (Å²) >= 11 is 0. The van der Waals surface area contributed by atoms with Crippen LogP contribution in [0.15, 0.2) is 24.9 Å². The van der Waals surface area contributed by atoms with Crippen LogP contribution in [-0.4, -0.2) is 15.9 Å². The maximum absolute atomic E-state index is 12.3. The lowest BCUT2D eigenvalue weighted by molar-refractivity contribution is -0.129. The molecular formula is C7H5FN2O2. The molecule has 0 atom stereocenters. The number of esters is 1. The molecule has 0 aliphatic carbocycles. The van der Waals surface area contributed by atoms with Crippen LogP contribution in [0.4, 0.5) is 4.39 Å². The lowest BCUT2D eigenvalue weighted by atomic mass is 10.6. The van der Waals surface area contributed by atoms with Gasteiger partial charge in [0.15, 0.2) is 0 Å². The third kappa shape index (κ3) is 2.12. The zero-order valence-electron chi connectivity index (χ0n) is 6.03. The summed E-state index contributed by atoms with van der Waals surface area (Å²) in [6.45, 7) is 3.17. The van der Waals surface area contributed by atoms with E-state index in [0.717, 1.165) is 12.3 Å². The lowest BCUT2D eigenvalue weighted by Gasteiger charge is -1.97. The molecule has 1 heterocycles. The van der Waals surface area contributed by atoms with Gasteiger partial charge in [-0.3, -0.25) is 0 Å². The Labute approximate surface area is 67.7 Å². The summed E-state index contributed by atoms with van der Waals surface area (Å²) in [7, 11) is 0. The Kier molecular flexibility index (Phi) is 2.47. The van der Waals surface area contributed by atoms with Crippen molar-refractivity contribution in [3.63, 3.8) is 0 Å². The Hall–Kier alpha value is -1.78. The lowest BCUT2D eigenvalue weighted by Crippen LogP contribution is -2.05. The highest BCUT2D eigenvalue weighted by Crippen LogP contribution is 2.03. The molecule has 0 amide bonds. The summed E-state index contributed by atoms with van der Waals surface area (Å²) in [4.78, 5) is 16.9. The molecule has 1 aromatic rings. The van der Waals surface area contributed by atoms with Gasteiger partial charge in [0.25, 0.3) is 0 Å². The van der Waals surface area contributed by atoms with Crippen molar-refractivity contribution in [3.05, 3.63) is 31.0 Å². The van der Waals surface area contributed by atoms with E-state index in [1.807, 2.05) is 0 Å². The number of ether oxygens (including phenoxy) is 1. The van der Waals surface area contributed by atoms with Gasteiger partial charge in [-0.1, -0.05) is 6.58 Å². The Balaban J connectivity index is 2.76. The fourth-order valence-electron chi connectivity index (χ4n) is 0.521. The molecule has 0 aliphatic rings. The molecule has 0 spiro atoms. The van der Waals surface area contributed by atoms with Crippen LogP contribution in [0.1, 0.15) is 0 Å². The second-order valence-corrected chi connectivity index (χ2v) is 1.79. The zero-order chi connectivity index (χ0) is 8.97. The van der Waals surface area contributed by atoms with Crippen molar-refractivity contribution in [2.45, 2.75) is 0 Å². The number of hydrogen-bond acceptors (Lipinski definition) is 4. The molecule has 0 saturated carbocycles. The highest BCUT2D eigenvalue weighted by Gasteiger charge is 2.01. The number of aromatic nitrogens is 2. The first-order chi connectivity index (χ1) is 5.72. The number of carbonyl (C=O) groups is 1. The fraction of sp³-hybridized carbons (Fsp3) is 0. The van der Waals surface area contributed by atoms with Gasteiger partial charge in [0.1, 0.15) is 0 Å². The minimum Gasteiger partial charge on any atom is -0.404 e. The summed E-state index contributed by atoms with van der Waals surface area (Å²) in [5.41, 5.74) is 0. The third-order valence-corrected chi connectivity index (χ3v) is 0.972. The topological polar surface area (TPSA) is 52.1 Å². The van der Waals surface area contributed by atoms with Gasteiger partial charge in [0.2, 0.25) is 5.88 Å². The van der Waals surface area contributed by atoms with Crippen molar-refractivity contribution in [2.24, 2.45) is 0 Å². The van der Waals surface area contributed by atoms with Crippen molar-refractivity contribution < 1.29 is 13.9 Å². The van der Waals surface area contributed by atoms with Crippen LogP contribution in [0.3, 0.4) is 0 Å². The van der Waals surface area contributed by atoms with Crippen LogP contribution in [-0.2, 0) is 4.79 Å². The van der Waals surface area contributed by atoms with Gasteiger partial charge in [0, 0.05) is 18.3 Å². The molecule has 0 unspecified atom stereocenters. The molecular weight excluding hydrogens is 163 g/mol. The van der Waals surface area contributed by atoms with Crippen LogP contribution in [0.5, 0.6) is 5.88 Å². The van der Waals surface area contributed by atoms with Gasteiger partial charge < -0.3 is 4.74 Å². The fourth-order valence-corrected chi connectivity index (χ4v) is 0.521. The van der Waals surface area contributed by atoms with E-state index in [-0.39, 0.29) is 5.88 Å². The van der Waals surface area contributed by atoms with Crippen LogP contribution >= 0.6 is 0 Å². The second-order valence-electron chi connectivity index (χ2n) is 1.79. The van der Waals surface area contributed by atoms with Gasteiger partial charge in [-0.25, -0.2) is 9.78 Å². The molecule has 0 aromatic carbocycles. The SMILES string of the molecule is C=CC(=O)Oc1ccnc(F)n1. The maximum Gasteiger partial charge on any atom is 0.336 e. The van der Waals surface area contributed by atoms with E-state index in [1.54, 1.807) is 0 Å². The minimum absolute atomic E-state index is 0.132. The number of carbonyl (C=O) groups excluding carboxylic acids is 1. The molecule has 0 saturated heterocycles. The van der Waals surface area contributed by atoms with E-state index < -0.39 is 12.0 Å². The van der Waals surface area contributed by atoms with Crippen molar-refractivity contribution in [3.8, 4) is 5.88 Å². The molecule has 0 aliphatic heterocycles. The Bertz CT molecular complexity index is 314. The van der Waals surface area contributed by atoms with Crippen LogP contribution < -0.4 is 4.74 Å². The second kappa shape index (κ2) is 3.56. The first-order valence-electron chi connectivity index (χ1n) is 3.05. The molecule has 1 aromatic heterocycles. The predicted octanol–water partition coefficient (Wildman–Crippen LogP) is 0.707. The van der Waals surface area contributed by atoms with Gasteiger partial charge in [0.05, 0.1) is 0 Å². The first-order valence-corrected chi connectivity index (χ1v) is 3.05. The number of halogens is 1. The largest absolute Gasteiger partial charge is 0.404 e. The first kappa shape index (κ1) is 8.32. The van der Waals surface area contributed by atoms with Gasteiger partial charge in [-0.05, 0) is 0 Å². The van der Waals surface area contributed by atoms with E-state index in [9.17, 15) is 9.18 Å². The summed E-state index contributed by atoms with van der Waals surface area (Å²) in [5, 5.41) is 0. The Morgan fingerprint density at radius 3 is 3.08 bits per heavy atom. The van der Waals surface area contributed by atoms with Gasteiger partial charge >= 0.3 is 12.0 Å². The average Bonchev–Trinajstić information content (AvgIpc) is 2.04. The van der Waals surface area contributed by atoms with E-state index in [1.165, 1.54) is 6.07 Å². The molecule has 0 bridgehead atoms. The summed E-state index contributed by atoms with van der Waals surface area (Å²) in [6.07, 6.45) is 1.16. The molecule has 5 heteroatoms. The number of hydrogen-bond donors (Lipinski definition) is 0. The van der Waals surface area contributed by atoms with Crippen molar-refractivity contribution in [2.75, 3.05) is 0 Å². The monoisotopic (exact) mass is 168 g/mol. The quantitative estimate of drug-likeness (QED) is 0.370. The van der Waals surface area contributed by atoms with Gasteiger partial charge in [-0.2, -0.15) is 9.37 Å². The Morgan fingerprint density at radius 1 is 1.75 bits per heavy atom. The predicted molar refractivity (Wildman–Crippen MR) is 37.8 cm³/mol. The van der Waals surface area contributed by atoms with Crippen LogP contribution in [0.2, 0.25) is 0 Å². The van der Waals surface area contributed by atoms with E-state index >= 15 is 0 Å². The average molecular weight is 168 g/mol. The maximum atomic E-state index is 12.3. The molecule has 62 valence electrons. The van der Waals surface area contributed by atoms with E-state index in [2.05, 4.69) is 21.3 Å². The number of rotatable bonds is 2. The van der Waals surface area contributed by atoms with Crippen molar-refractivity contribution in [1.29, 1.82) is 0 Å². The van der Waals surface area contributed by atoms with E-state index in [4.69, 9.17) is 0 Å². The molecule has 0 fully saturated rings. The van der Waals surface area contributed by atoms with Crippen molar-refractivity contribution >= 4 is 5.97 Å². The highest BCUT2D eigenvalue weighted by molar-refractivity contribution is 5.82. The molecule has 1 rings (SSSR count). The zero-order valence-corrected chi connectivity index (χ0v) is 6.03. The van der Waals surface area contributed by atoms with Crippen molar-refractivity contribution in [1.82, 2.24) is 9.97 Å². The molecule has 4 nitrogen and oxygen atoms in total. The summed E-state index contributed by atoms with van der Waals surface area (Å²) < 4.78 is 16.8. The summed E-state index contributed by atoms with van der Waals surface area (Å²) in [5.74, 6) is -0.819. The molecule has 0 N–H and O–H groups in total. The molecule has 0 radical (unpaired) electrons. The number of nitrogens with zero attached hydrogens (tertiary/aromatic N) is 2. The highest BCUT2D eigenvalue weighted by atomic mass is 19.1. The Morgan fingerprint density at radius 2 is 2.50 bits per heavy atom. The third-order valence-electron chi connectivity index (χ3n) is 0.972. The minimum atomic E-state index is -0.940. The normalized spacial score (nSPS) is 9.08. The van der Waals surface area contributed by atoms with Crippen LogP contribution in [0.25, 0.3) is 0 Å². The van der Waals surface area contributed by atoms with Crippen LogP contribution in [0, 0.1) is 6.08 Å². The van der Waals surface area contributed by atoms with E-state index in [0.29, 0.717) is 0 Å². The van der Waals surface area contributed by atoms with Gasteiger partial charge in [-0.15, -0.1) is 0 Å². The smallest absolute Gasteiger partial charge is 0.336 e.